The molecule has 1 saturated heterocycles. The Hall–Kier alpha value is -1.19. The number of nitrogens with one attached hydrogen (secondary N) is 1. The smallest absolute Gasteiger partial charge is 0.133 e. The number of aldehydes is 1. The SMILES string of the molecule is CC1CCN(CC=O)CCC1NCc1ccccc1. The largest absolute Gasteiger partial charge is 0.310 e. The summed E-state index contributed by atoms with van der Waals surface area (Å²) in [6.07, 6.45) is 3.31. The van der Waals surface area contributed by atoms with Gasteiger partial charge in [0.15, 0.2) is 0 Å². The molecular weight excluding hydrogens is 236 g/mol. The van der Waals surface area contributed by atoms with Crippen molar-refractivity contribution >= 4 is 6.29 Å². The third-order valence-corrected chi connectivity index (χ3v) is 4.09. The van der Waals surface area contributed by atoms with Crippen LogP contribution in [0.5, 0.6) is 0 Å². The lowest BCUT2D eigenvalue weighted by molar-refractivity contribution is -0.108. The van der Waals surface area contributed by atoms with Gasteiger partial charge in [0, 0.05) is 19.1 Å². The van der Waals surface area contributed by atoms with Crippen molar-refractivity contribution in [2.24, 2.45) is 5.92 Å². The van der Waals surface area contributed by atoms with E-state index in [1.54, 1.807) is 0 Å². The summed E-state index contributed by atoms with van der Waals surface area (Å²) in [5.74, 6) is 0.667. The van der Waals surface area contributed by atoms with Crippen LogP contribution >= 0.6 is 0 Å². The molecule has 0 aromatic heterocycles. The first kappa shape index (κ1) is 14.2. The zero-order valence-corrected chi connectivity index (χ0v) is 11.7. The first-order chi connectivity index (χ1) is 9.29. The summed E-state index contributed by atoms with van der Waals surface area (Å²) in [5, 5.41) is 3.68. The van der Waals surface area contributed by atoms with Crippen molar-refractivity contribution in [1.29, 1.82) is 0 Å². The van der Waals surface area contributed by atoms with Gasteiger partial charge in [0.1, 0.15) is 6.29 Å². The Kier molecular flexibility index (Phi) is 5.55. The zero-order valence-electron chi connectivity index (χ0n) is 11.7. The first-order valence-corrected chi connectivity index (χ1v) is 7.23. The fourth-order valence-corrected chi connectivity index (χ4v) is 2.74. The lowest BCUT2D eigenvalue weighted by Gasteiger charge is -2.22. The highest BCUT2D eigenvalue weighted by molar-refractivity contribution is 5.51. The van der Waals surface area contributed by atoms with Crippen LogP contribution in [0.3, 0.4) is 0 Å². The molecule has 2 atom stereocenters. The standard InChI is InChI=1S/C16H24N2O/c1-14-7-9-18(11-12-19)10-8-16(14)17-13-15-5-3-2-4-6-15/h2-6,12,14,16-17H,7-11,13H2,1H3. The van der Waals surface area contributed by atoms with Crippen molar-refractivity contribution in [2.45, 2.75) is 32.4 Å². The second-order valence-corrected chi connectivity index (χ2v) is 5.49. The van der Waals surface area contributed by atoms with Crippen LogP contribution in [0.2, 0.25) is 0 Å². The van der Waals surface area contributed by atoms with E-state index in [9.17, 15) is 4.79 Å². The molecule has 0 spiro atoms. The molecule has 0 bridgehead atoms. The van der Waals surface area contributed by atoms with Crippen LogP contribution in [0.25, 0.3) is 0 Å². The molecule has 1 aromatic rings. The predicted molar refractivity (Wildman–Crippen MR) is 78.0 cm³/mol. The molecule has 1 aliphatic heterocycles. The summed E-state index contributed by atoms with van der Waals surface area (Å²) in [4.78, 5) is 12.9. The van der Waals surface area contributed by atoms with Gasteiger partial charge in [0.05, 0.1) is 6.54 Å². The minimum atomic E-state index is 0.553. The van der Waals surface area contributed by atoms with Gasteiger partial charge < -0.3 is 10.1 Å². The summed E-state index contributed by atoms with van der Waals surface area (Å²) < 4.78 is 0. The van der Waals surface area contributed by atoms with E-state index in [1.165, 1.54) is 12.0 Å². The van der Waals surface area contributed by atoms with Crippen molar-refractivity contribution in [3.8, 4) is 0 Å². The molecule has 19 heavy (non-hydrogen) atoms. The summed E-state index contributed by atoms with van der Waals surface area (Å²) in [5.41, 5.74) is 1.34. The molecule has 3 nitrogen and oxygen atoms in total. The number of nitrogens with zero attached hydrogens (tertiary/aromatic N) is 1. The summed E-state index contributed by atoms with van der Waals surface area (Å²) in [6.45, 7) is 5.90. The highest BCUT2D eigenvalue weighted by atomic mass is 16.1. The summed E-state index contributed by atoms with van der Waals surface area (Å²) >= 11 is 0. The maximum atomic E-state index is 10.6. The van der Waals surface area contributed by atoms with Gasteiger partial charge in [0.2, 0.25) is 0 Å². The van der Waals surface area contributed by atoms with Crippen LogP contribution in [0.4, 0.5) is 0 Å². The molecule has 0 saturated carbocycles. The van der Waals surface area contributed by atoms with E-state index in [1.807, 2.05) is 0 Å². The minimum absolute atomic E-state index is 0.553. The monoisotopic (exact) mass is 260 g/mol. The van der Waals surface area contributed by atoms with E-state index < -0.39 is 0 Å². The maximum Gasteiger partial charge on any atom is 0.133 e. The predicted octanol–water partition coefficient (Wildman–Crippen LogP) is 2.08. The zero-order chi connectivity index (χ0) is 13.5. The number of hydrogen-bond acceptors (Lipinski definition) is 3. The highest BCUT2D eigenvalue weighted by Crippen LogP contribution is 2.18. The van der Waals surface area contributed by atoms with Gasteiger partial charge in [-0.05, 0) is 30.9 Å². The second-order valence-electron chi connectivity index (χ2n) is 5.49. The quantitative estimate of drug-likeness (QED) is 0.823. The van der Waals surface area contributed by atoms with E-state index in [4.69, 9.17) is 0 Å². The second kappa shape index (κ2) is 7.41. The van der Waals surface area contributed by atoms with E-state index >= 15 is 0 Å². The van der Waals surface area contributed by atoms with Crippen LogP contribution in [-0.2, 0) is 11.3 Å². The average molecular weight is 260 g/mol. The Morgan fingerprint density at radius 2 is 2.00 bits per heavy atom. The minimum Gasteiger partial charge on any atom is -0.310 e. The lowest BCUT2D eigenvalue weighted by atomic mass is 9.97. The number of benzene rings is 1. The number of carbonyl (C=O) groups excluding carboxylic acids is 1. The van der Waals surface area contributed by atoms with Gasteiger partial charge in [-0.15, -0.1) is 0 Å². The molecule has 1 fully saturated rings. The molecule has 0 aliphatic carbocycles. The molecule has 0 radical (unpaired) electrons. The van der Waals surface area contributed by atoms with E-state index in [2.05, 4.69) is 47.5 Å². The van der Waals surface area contributed by atoms with E-state index in [-0.39, 0.29) is 0 Å². The first-order valence-electron chi connectivity index (χ1n) is 7.23. The number of rotatable bonds is 5. The number of carbonyl (C=O) groups is 1. The van der Waals surface area contributed by atoms with Crippen molar-refractivity contribution in [1.82, 2.24) is 10.2 Å². The van der Waals surface area contributed by atoms with Crippen molar-refractivity contribution < 1.29 is 4.79 Å². The summed E-state index contributed by atoms with van der Waals surface area (Å²) in [6, 6.07) is 11.1. The Bertz CT molecular complexity index is 380. The van der Waals surface area contributed by atoms with Gasteiger partial charge in [-0.25, -0.2) is 0 Å². The Balaban J connectivity index is 1.84. The Labute approximate surface area is 116 Å². The number of likely N-dealkylation sites (tertiary alicyclic amines) is 1. The van der Waals surface area contributed by atoms with Gasteiger partial charge in [-0.3, -0.25) is 4.90 Å². The van der Waals surface area contributed by atoms with Crippen molar-refractivity contribution in [3.05, 3.63) is 35.9 Å². The Morgan fingerprint density at radius 1 is 1.26 bits per heavy atom. The van der Waals surface area contributed by atoms with Crippen molar-refractivity contribution in [3.63, 3.8) is 0 Å². The third kappa shape index (κ3) is 4.44. The molecule has 0 amide bonds. The molecule has 3 heteroatoms. The molecule has 104 valence electrons. The topological polar surface area (TPSA) is 32.3 Å². The molecule has 1 N–H and O–H groups in total. The lowest BCUT2D eigenvalue weighted by Crippen LogP contribution is -2.35. The molecular formula is C16H24N2O. The van der Waals surface area contributed by atoms with Gasteiger partial charge >= 0.3 is 0 Å². The fourth-order valence-electron chi connectivity index (χ4n) is 2.74. The van der Waals surface area contributed by atoms with E-state index in [0.29, 0.717) is 18.5 Å². The molecule has 1 aliphatic rings. The van der Waals surface area contributed by atoms with Crippen LogP contribution in [0, 0.1) is 5.92 Å². The molecule has 2 rings (SSSR count). The Morgan fingerprint density at radius 3 is 2.74 bits per heavy atom. The molecule has 1 heterocycles. The van der Waals surface area contributed by atoms with Gasteiger partial charge in [-0.1, -0.05) is 37.3 Å². The fraction of sp³-hybridized carbons (Fsp3) is 0.562. The number of hydrogen-bond donors (Lipinski definition) is 1. The van der Waals surface area contributed by atoms with Crippen LogP contribution in [0.15, 0.2) is 30.3 Å². The molecule has 2 unspecified atom stereocenters. The van der Waals surface area contributed by atoms with Gasteiger partial charge in [-0.2, -0.15) is 0 Å². The maximum absolute atomic E-state index is 10.6. The van der Waals surface area contributed by atoms with Crippen LogP contribution in [0.1, 0.15) is 25.3 Å². The highest BCUT2D eigenvalue weighted by Gasteiger charge is 2.22. The normalized spacial score (nSPS) is 24.9. The van der Waals surface area contributed by atoms with E-state index in [0.717, 1.165) is 32.3 Å². The van der Waals surface area contributed by atoms with Gasteiger partial charge in [0.25, 0.3) is 0 Å². The van der Waals surface area contributed by atoms with Crippen LogP contribution in [-0.4, -0.2) is 36.9 Å². The molecule has 1 aromatic carbocycles. The average Bonchev–Trinajstić information content (AvgIpc) is 2.61. The third-order valence-electron chi connectivity index (χ3n) is 4.09. The van der Waals surface area contributed by atoms with Crippen molar-refractivity contribution in [2.75, 3.05) is 19.6 Å². The van der Waals surface area contributed by atoms with Crippen LogP contribution < -0.4 is 5.32 Å². The summed E-state index contributed by atoms with van der Waals surface area (Å²) in [7, 11) is 0.